The maximum absolute atomic E-state index is 5.80. The highest BCUT2D eigenvalue weighted by Crippen LogP contribution is 2.30. The lowest BCUT2D eigenvalue weighted by molar-refractivity contribution is 0.297. The molecular formula is C13H18O. The summed E-state index contributed by atoms with van der Waals surface area (Å²) in [5.74, 6) is 1.90. The van der Waals surface area contributed by atoms with E-state index < -0.39 is 0 Å². The van der Waals surface area contributed by atoms with Crippen LogP contribution in [0.2, 0.25) is 0 Å². The zero-order chi connectivity index (χ0) is 10.1. The van der Waals surface area contributed by atoms with Crippen LogP contribution in [0.3, 0.4) is 0 Å². The summed E-state index contributed by atoms with van der Waals surface area (Å²) in [4.78, 5) is 0. The maximum atomic E-state index is 5.80. The van der Waals surface area contributed by atoms with Crippen molar-refractivity contribution in [2.24, 2.45) is 5.92 Å². The highest BCUT2D eigenvalue weighted by molar-refractivity contribution is 5.40. The van der Waals surface area contributed by atoms with Gasteiger partial charge in [0.15, 0.2) is 0 Å². The first-order chi connectivity index (χ1) is 6.66. The standard InChI is InChI=1S/C13H18O/c1-9-6-11(3)13(7-10(9)2)14-8-12-4-5-12/h6-7,12H,4-5,8H2,1-3H3. The lowest BCUT2D eigenvalue weighted by Gasteiger charge is -2.11. The molecule has 0 heterocycles. The Kier molecular flexibility index (Phi) is 2.49. The van der Waals surface area contributed by atoms with Crippen LogP contribution in [-0.4, -0.2) is 6.61 Å². The van der Waals surface area contributed by atoms with E-state index in [1.807, 2.05) is 0 Å². The van der Waals surface area contributed by atoms with Gasteiger partial charge in [-0.25, -0.2) is 0 Å². The van der Waals surface area contributed by atoms with E-state index in [9.17, 15) is 0 Å². The van der Waals surface area contributed by atoms with Crippen LogP contribution in [0.4, 0.5) is 0 Å². The van der Waals surface area contributed by atoms with E-state index in [1.54, 1.807) is 0 Å². The van der Waals surface area contributed by atoms with E-state index in [2.05, 4.69) is 32.9 Å². The largest absolute Gasteiger partial charge is 0.493 e. The van der Waals surface area contributed by atoms with Crippen molar-refractivity contribution in [1.29, 1.82) is 0 Å². The Morgan fingerprint density at radius 3 is 2.36 bits per heavy atom. The summed E-state index contributed by atoms with van der Waals surface area (Å²) < 4.78 is 5.80. The number of aryl methyl sites for hydroxylation is 3. The van der Waals surface area contributed by atoms with Gasteiger partial charge < -0.3 is 4.74 Å². The second kappa shape index (κ2) is 3.64. The number of ether oxygens (including phenoxy) is 1. The molecule has 2 rings (SSSR count). The summed E-state index contributed by atoms with van der Waals surface area (Å²) in [5, 5.41) is 0. The lowest BCUT2D eigenvalue weighted by atomic mass is 10.1. The van der Waals surface area contributed by atoms with Crippen LogP contribution >= 0.6 is 0 Å². The van der Waals surface area contributed by atoms with Crippen molar-refractivity contribution in [2.75, 3.05) is 6.61 Å². The normalized spacial score (nSPS) is 15.6. The molecule has 1 aliphatic carbocycles. The van der Waals surface area contributed by atoms with Crippen molar-refractivity contribution in [3.63, 3.8) is 0 Å². The molecule has 0 amide bonds. The maximum Gasteiger partial charge on any atom is 0.122 e. The van der Waals surface area contributed by atoms with Crippen molar-refractivity contribution in [1.82, 2.24) is 0 Å². The van der Waals surface area contributed by atoms with Crippen LogP contribution in [0.25, 0.3) is 0 Å². The van der Waals surface area contributed by atoms with Gasteiger partial charge in [0, 0.05) is 0 Å². The van der Waals surface area contributed by atoms with Crippen molar-refractivity contribution in [2.45, 2.75) is 33.6 Å². The molecule has 1 aromatic rings. The van der Waals surface area contributed by atoms with Crippen LogP contribution in [0.1, 0.15) is 29.5 Å². The molecule has 0 spiro atoms. The quantitative estimate of drug-likeness (QED) is 0.709. The summed E-state index contributed by atoms with van der Waals surface area (Å²) in [6.45, 7) is 7.31. The average molecular weight is 190 g/mol. The predicted octanol–water partition coefficient (Wildman–Crippen LogP) is 3.40. The Bertz CT molecular complexity index is 337. The third kappa shape index (κ3) is 2.09. The molecule has 14 heavy (non-hydrogen) atoms. The summed E-state index contributed by atoms with van der Waals surface area (Å²) in [6.07, 6.45) is 2.70. The Balaban J connectivity index is 2.10. The predicted molar refractivity (Wildman–Crippen MR) is 58.9 cm³/mol. The molecule has 0 atom stereocenters. The van der Waals surface area contributed by atoms with Crippen molar-refractivity contribution in [3.8, 4) is 5.75 Å². The van der Waals surface area contributed by atoms with Gasteiger partial charge in [0.25, 0.3) is 0 Å². The fraction of sp³-hybridized carbons (Fsp3) is 0.538. The van der Waals surface area contributed by atoms with Gasteiger partial charge in [-0.05, 0) is 62.3 Å². The van der Waals surface area contributed by atoms with Crippen molar-refractivity contribution >= 4 is 0 Å². The first-order valence-electron chi connectivity index (χ1n) is 5.37. The zero-order valence-corrected chi connectivity index (χ0v) is 9.26. The van der Waals surface area contributed by atoms with E-state index in [0.717, 1.165) is 18.3 Å². The van der Waals surface area contributed by atoms with E-state index >= 15 is 0 Å². The molecule has 76 valence electrons. The van der Waals surface area contributed by atoms with Crippen LogP contribution < -0.4 is 4.74 Å². The first-order valence-corrected chi connectivity index (χ1v) is 5.37. The van der Waals surface area contributed by atoms with Gasteiger partial charge in [0.2, 0.25) is 0 Å². The molecule has 0 saturated heterocycles. The minimum Gasteiger partial charge on any atom is -0.493 e. The second-order valence-corrected chi connectivity index (χ2v) is 4.46. The molecular weight excluding hydrogens is 172 g/mol. The second-order valence-electron chi connectivity index (χ2n) is 4.46. The molecule has 0 aromatic heterocycles. The molecule has 0 N–H and O–H groups in total. The summed E-state index contributed by atoms with van der Waals surface area (Å²) in [6, 6.07) is 4.37. The fourth-order valence-corrected chi connectivity index (χ4v) is 1.58. The van der Waals surface area contributed by atoms with E-state index in [0.29, 0.717) is 0 Å². The third-order valence-corrected chi connectivity index (χ3v) is 2.96. The number of benzene rings is 1. The number of hydrogen-bond acceptors (Lipinski definition) is 1. The molecule has 0 aliphatic heterocycles. The number of hydrogen-bond donors (Lipinski definition) is 0. The highest BCUT2D eigenvalue weighted by atomic mass is 16.5. The first kappa shape index (κ1) is 9.57. The molecule has 0 unspecified atom stereocenters. The van der Waals surface area contributed by atoms with Crippen molar-refractivity contribution in [3.05, 3.63) is 28.8 Å². The minimum absolute atomic E-state index is 0.830. The minimum atomic E-state index is 0.830. The van der Waals surface area contributed by atoms with Gasteiger partial charge in [0.05, 0.1) is 6.61 Å². The smallest absolute Gasteiger partial charge is 0.122 e. The van der Waals surface area contributed by atoms with Crippen LogP contribution in [0.5, 0.6) is 5.75 Å². The number of rotatable bonds is 3. The van der Waals surface area contributed by atoms with Crippen LogP contribution in [0, 0.1) is 26.7 Å². The Labute approximate surface area is 86.1 Å². The fourth-order valence-electron chi connectivity index (χ4n) is 1.58. The van der Waals surface area contributed by atoms with E-state index in [-0.39, 0.29) is 0 Å². The van der Waals surface area contributed by atoms with E-state index in [1.165, 1.54) is 29.5 Å². The summed E-state index contributed by atoms with van der Waals surface area (Å²) in [7, 11) is 0. The van der Waals surface area contributed by atoms with Crippen LogP contribution in [0.15, 0.2) is 12.1 Å². The molecule has 0 bridgehead atoms. The summed E-state index contributed by atoms with van der Waals surface area (Å²) >= 11 is 0. The molecule has 1 nitrogen and oxygen atoms in total. The van der Waals surface area contributed by atoms with Gasteiger partial charge in [-0.3, -0.25) is 0 Å². The van der Waals surface area contributed by atoms with Gasteiger partial charge in [-0.1, -0.05) is 6.07 Å². The van der Waals surface area contributed by atoms with E-state index in [4.69, 9.17) is 4.74 Å². The van der Waals surface area contributed by atoms with Crippen LogP contribution in [-0.2, 0) is 0 Å². The third-order valence-electron chi connectivity index (χ3n) is 2.96. The van der Waals surface area contributed by atoms with Gasteiger partial charge in [-0.15, -0.1) is 0 Å². The Morgan fingerprint density at radius 1 is 1.07 bits per heavy atom. The molecule has 1 saturated carbocycles. The molecule has 1 aliphatic rings. The van der Waals surface area contributed by atoms with Gasteiger partial charge in [-0.2, -0.15) is 0 Å². The van der Waals surface area contributed by atoms with Gasteiger partial charge >= 0.3 is 0 Å². The van der Waals surface area contributed by atoms with Crippen molar-refractivity contribution < 1.29 is 4.74 Å². The summed E-state index contributed by atoms with van der Waals surface area (Å²) in [5.41, 5.74) is 3.93. The SMILES string of the molecule is Cc1cc(C)c(OCC2CC2)cc1C. The lowest BCUT2D eigenvalue weighted by Crippen LogP contribution is -2.01. The highest BCUT2D eigenvalue weighted by Gasteiger charge is 2.22. The molecule has 1 fully saturated rings. The molecule has 1 heteroatoms. The molecule has 1 aromatic carbocycles. The molecule has 0 radical (unpaired) electrons. The zero-order valence-electron chi connectivity index (χ0n) is 9.26. The monoisotopic (exact) mass is 190 g/mol. The average Bonchev–Trinajstić information content (AvgIpc) is 2.92. The Hall–Kier alpha value is -0.980. The van der Waals surface area contributed by atoms with Gasteiger partial charge in [0.1, 0.15) is 5.75 Å². The topological polar surface area (TPSA) is 9.23 Å². The Morgan fingerprint density at radius 2 is 1.71 bits per heavy atom.